The molecule has 4 aromatic rings. The van der Waals surface area contributed by atoms with Crippen LogP contribution in [0.2, 0.25) is 5.02 Å². The molecular formula is C33H33ClN2O5. The number of rotatable bonds is 9. The van der Waals surface area contributed by atoms with Crippen LogP contribution in [0.5, 0.6) is 0 Å². The normalized spacial score (nSPS) is 11.9. The van der Waals surface area contributed by atoms with Crippen molar-refractivity contribution in [1.29, 1.82) is 0 Å². The van der Waals surface area contributed by atoms with E-state index >= 15 is 0 Å². The highest BCUT2D eigenvalue weighted by Crippen LogP contribution is 2.20. The predicted octanol–water partition coefficient (Wildman–Crippen LogP) is 6.07. The van der Waals surface area contributed by atoms with Crippen LogP contribution in [0.1, 0.15) is 41.4 Å². The van der Waals surface area contributed by atoms with Crippen molar-refractivity contribution in [3.8, 4) is 11.1 Å². The van der Waals surface area contributed by atoms with Gasteiger partial charge in [-0.25, -0.2) is 9.59 Å². The number of carbonyl (C=O) groups excluding carboxylic acids is 2. The number of nitrogens with one attached hydrogen (secondary N) is 1. The van der Waals surface area contributed by atoms with E-state index < -0.39 is 24.0 Å². The van der Waals surface area contributed by atoms with E-state index in [1.165, 1.54) is 0 Å². The molecule has 0 aliphatic rings. The fourth-order valence-corrected chi connectivity index (χ4v) is 3.97. The summed E-state index contributed by atoms with van der Waals surface area (Å²) >= 11 is 5.81. The van der Waals surface area contributed by atoms with Gasteiger partial charge in [0.2, 0.25) is 0 Å². The molecule has 0 unspecified atom stereocenters. The summed E-state index contributed by atoms with van der Waals surface area (Å²) in [6, 6.07) is 31.4. The quantitative estimate of drug-likeness (QED) is 0.209. The van der Waals surface area contributed by atoms with Gasteiger partial charge in [-0.15, -0.1) is 0 Å². The summed E-state index contributed by atoms with van der Waals surface area (Å²) in [6.45, 7) is 3.60. The Labute approximate surface area is 244 Å². The third-order valence-electron chi connectivity index (χ3n) is 5.98. The maximum atomic E-state index is 12.3. The largest absolute Gasteiger partial charge is 0.480 e. The summed E-state index contributed by atoms with van der Waals surface area (Å²) in [4.78, 5) is 35.3. The van der Waals surface area contributed by atoms with Gasteiger partial charge in [-0.1, -0.05) is 96.5 Å². The van der Waals surface area contributed by atoms with Crippen LogP contribution in [0.15, 0.2) is 109 Å². The lowest BCUT2D eigenvalue weighted by molar-refractivity contribution is -0.149. The number of hydrogen-bond donors (Lipinski definition) is 3. The minimum absolute atomic E-state index is 0.128. The Morgan fingerprint density at radius 2 is 1.34 bits per heavy atom. The number of aliphatic carboxylic acids is 1. The van der Waals surface area contributed by atoms with E-state index in [-0.39, 0.29) is 18.5 Å². The zero-order chi connectivity index (χ0) is 29.8. The molecule has 212 valence electrons. The van der Waals surface area contributed by atoms with Crippen LogP contribution in [0.25, 0.3) is 11.1 Å². The Hall–Kier alpha value is -4.46. The summed E-state index contributed by atoms with van der Waals surface area (Å²) in [7, 11) is 0. The van der Waals surface area contributed by atoms with Gasteiger partial charge >= 0.3 is 11.9 Å². The van der Waals surface area contributed by atoms with Gasteiger partial charge in [0.25, 0.3) is 5.91 Å². The molecule has 4 N–H and O–H groups in total. The molecule has 4 aromatic carbocycles. The molecule has 0 aromatic heterocycles. The highest BCUT2D eigenvalue weighted by Gasteiger charge is 2.21. The maximum Gasteiger partial charge on any atom is 0.327 e. The lowest BCUT2D eigenvalue weighted by atomic mass is 10.0. The molecule has 1 amide bonds. The van der Waals surface area contributed by atoms with Crippen LogP contribution in [-0.2, 0) is 20.7 Å². The SMILES string of the molecule is CC(C)OC(=O)[C@H](N)c1ccccc1.O=C(N[C@@H](Cc1ccc(-c2ccccc2)cc1)C(=O)O)c1ccc(Cl)cc1. The molecule has 4 rings (SSSR count). The second-order valence-corrected chi connectivity index (χ2v) is 9.95. The van der Waals surface area contributed by atoms with E-state index in [1.807, 2.05) is 84.9 Å². The molecule has 0 saturated carbocycles. The van der Waals surface area contributed by atoms with Crippen molar-refractivity contribution in [3.05, 3.63) is 131 Å². The Kier molecular flexibility index (Phi) is 11.6. The average Bonchev–Trinajstić information content (AvgIpc) is 2.98. The highest BCUT2D eigenvalue weighted by atomic mass is 35.5. The maximum absolute atomic E-state index is 12.3. The van der Waals surface area contributed by atoms with E-state index in [0.717, 1.165) is 22.3 Å². The number of amides is 1. The molecule has 0 aliphatic carbocycles. The number of nitrogens with two attached hydrogens (primary N) is 1. The van der Waals surface area contributed by atoms with Crippen LogP contribution in [0.4, 0.5) is 0 Å². The van der Waals surface area contributed by atoms with Gasteiger partial charge in [-0.3, -0.25) is 4.79 Å². The molecule has 8 heteroatoms. The van der Waals surface area contributed by atoms with E-state index in [0.29, 0.717) is 10.6 Å². The Bertz CT molecular complexity index is 1410. The van der Waals surface area contributed by atoms with Crippen molar-refractivity contribution in [2.45, 2.75) is 38.5 Å². The van der Waals surface area contributed by atoms with Crippen LogP contribution >= 0.6 is 11.6 Å². The van der Waals surface area contributed by atoms with Gasteiger partial charge < -0.3 is 20.9 Å². The first-order valence-corrected chi connectivity index (χ1v) is 13.5. The van der Waals surface area contributed by atoms with E-state index in [2.05, 4.69) is 5.32 Å². The van der Waals surface area contributed by atoms with Gasteiger partial charge in [-0.05, 0) is 60.4 Å². The second kappa shape index (κ2) is 15.4. The molecule has 41 heavy (non-hydrogen) atoms. The lowest BCUT2D eigenvalue weighted by Crippen LogP contribution is -2.42. The number of carboxylic acid groups (broad SMARTS) is 1. The zero-order valence-corrected chi connectivity index (χ0v) is 23.6. The van der Waals surface area contributed by atoms with Gasteiger partial charge in [0, 0.05) is 17.0 Å². The zero-order valence-electron chi connectivity index (χ0n) is 22.9. The van der Waals surface area contributed by atoms with E-state index in [4.69, 9.17) is 22.1 Å². The van der Waals surface area contributed by atoms with Crippen molar-refractivity contribution in [2.75, 3.05) is 0 Å². The fourth-order valence-electron chi connectivity index (χ4n) is 3.84. The van der Waals surface area contributed by atoms with Crippen molar-refractivity contribution in [2.24, 2.45) is 5.73 Å². The van der Waals surface area contributed by atoms with Crippen LogP contribution in [0.3, 0.4) is 0 Å². The summed E-state index contributed by atoms with van der Waals surface area (Å²) in [5, 5.41) is 12.6. The first kappa shape index (κ1) is 31.1. The minimum atomic E-state index is -1.08. The Balaban J connectivity index is 0.000000278. The summed E-state index contributed by atoms with van der Waals surface area (Å²) in [6.07, 6.45) is 0.0706. The molecule has 0 spiro atoms. The van der Waals surface area contributed by atoms with Crippen LogP contribution in [-0.4, -0.2) is 35.1 Å². The summed E-state index contributed by atoms with van der Waals surface area (Å²) in [5.74, 6) is -1.91. The standard InChI is InChI=1S/C22H18ClNO3.C11H15NO2/c23-19-12-10-18(11-13-19)21(25)24-20(22(26)27)14-15-6-8-17(9-7-15)16-4-2-1-3-5-16;1-8(2)14-11(13)10(12)9-6-4-3-5-7-9/h1-13,20H,14H2,(H,24,25)(H,26,27);3-8,10H,12H2,1-2H3/t20-;10-/m01/s1. The third-order valence-corrected chi connectivity index (χ3v) is 6.23. The van der Waals surface area contributed by atoms with Crippen molar-refractivity contribution in [1.82, 2.24) is 5.32 Å². The van der Waals surface area contributed by atoms with Crippen molar-refractivity contribution >= 4 is 29.4 Å². The number of hydrogen-bond acceptors (Lipinski definition) is 5. The van der Waals surface area contributed by atoms with Gasteiger partial charge in [0.05, 0.1) is 6.10 Å². The predicted molar refractivity (Wildman–Crippen MR) is 161 cm³/mol. The van der Waals surface area contributed by atoms with E-state index in [9.17, 15) is 19.5 Å². The molecule has 0 saturated heterocycles. The second-order valence-electron chi connectivity index (χ2n) is 9.51. The monoisotopic (exact) mass is 572 g/mol. The Morgan fingerprint density at radius 3 is 1.88 bits per heavy atom. The first-order valence-electron chi connectivity index (χ1n) is 13.1. The number of benzene rings is 4. The fraction of sp³-hybridized carbons (Fsp3) is 0.182. The summed E-state index contributed by atoms with van der Waals surface area (Å²) < 4.78 is 5.00. The van der Waals surface area contributed by atoms with Crippen LogP contribution < -0.4 is 11.1 Å². The first-order chi connectivity index (χ1) is 19.6. The molecule has 0 aliphatic heterocycles. The molecule has 0 radical (unpaired) electrons. The third kappa shape index (κ3) is 9.90. The number of ether oxygens (including phenoxy) is 1. The topological polar surface area (TPSA) is 119 Å². The van der Waals surface area contributed by atoms with Crippen molar-refractivity contribution < 1.29 is 24.2 Å². The number of esters is 1. The number of halogens is 1. The van der Waals surface area contributed by atoms with Crippen LogP contribution in [0, 0.1) is 0 Å². The molecule has 0 fully saturated rings. The van der Waals surface area contributed by atoms with Gasteiger partial charge in [0.15, 0.2) is 0 Å². The molecule has 7 nitrogen and oxygen atoms in total. The van der Waals surface area contributed by atoms with Gasteiger partial charge in [-0.2, -0.15) is 0 Å². The minimum Gasteiger partial charge on any atom is -0.480 e. The number of carbonyl (C=O) groups is 3. The molecular weight excluding hydrogens is 540 g/mol. The molecule has 2 atom stereocenters. The molecule has 0 bridgehead atoms. The molecule has 0 heterocycles. The number of carboxylic acids is 1. The summed E-state index contributed by atoms with van der Waals surface area (Å²) in [5.41, 5.74) is 9.83. The van der Waals surface area contributed by atoms with Gasteiger partial charge in [0.1, 0.15) is 12.1 Å². The highest BCUT2D eigenvalue weighted by molar-refractivity contribution is 6.30. The Morgan fingerprint density at radius 1 is 0.805 bits per heavy atom. The average molecular weight is 573 g/mol. The smallest absolute Gasteiger partial charge is 0.327 e. The van der Waals surface area contributed by atoms with Crippen molar-refractivity contribution in [3.63, 3.8) is 0 Å². The lowest BCUT2D eigenvalue weighted by Gasteiger charge is -2.15. The van der Waals surface area contributed by atoms with E-state index in [1.54, 1.807) is 38.1 Å².